The van der Waals surface area contributed by atoms with E-state index in [1.165, 1.54) is 23.3 Å². The molecule has 7 nitrogen and oxygen atoms in total. The first-order chi connectivity index (χ1) is 12.4. The van der Waals surface area contributed by atoms with Crippen LogP contribution in [-0.4, -0.2) is 61.0 Å². The maximum absolute atomic E-state index is 12.4. The van der Waals surface area contributed by atoms with Gasteiger partial charge < -0.3 is 20.3 Å². The van der Waals surface area contributed by atoms with Crippen LogP contribution < -0.4 is 5.73 Å². The molecule has 140 valence electrons. The third-order valence-corrected chi connectivity index (χ3v) is 5.75. The first kappa shape index (κ1) is 18.6. The van der Waals surface area contributed by atoms with Gasteiger partial charge in [-0.15, -0.1) is 11.3 Å². The number of amides is 2. The monoisotopic (exact) mass is 376 g/mol. The summed E-state index contributed by atoms with van der Waals surface area (Å²) in [5.41, 5.74) is 7.47. The molecule has 2 aromatic rings. The number of hydrogen-bond donors (Lipinski definition) is 1. The van der Waals surface area contributed by atoms with Crippen LogP contribution in [0.2, 0.25) is 0 Å². The number of pyridine rings is 1. The number of nitrogen functional groups attached to an aromatic ring is 1. The second kappa shape index (κ2) is 7.59. The molecule has 1 aliphatic heterocycles. The smallest absolute Gasteiger partial charge is 0.265 e. The van der Waals surface area contributed by atoms with Crippen molar-refractivity contribution in [1.82, 2.24) is 14.8 Å². The quantitative estimate of drug-likeness (QED) is 0.884. The van der Waals surface area contributed by atoms with Crippen LogP contribution in [0.4, 0.5) is 5.69 Å². The number of piperidine rings is 1. The second-order valence-electron chi connectivity index (χ2n) is 6.66. The Balaban J connectivity index is 1.97. The summed E-state index contributed by atoms with van der Waals surface area (Å²) < 4.78 is 5.01. The molecule has 8 heteroatoms. The van der Waals surface area contributed by atoms with Crippen LogP contribution >= 0.6 is 11.3 Å². The zero-order valence-corrected chi connectivity index (χ0v) is 16.1. The number of fused-ring (bicyclic) bond motifs is 1. The summed E-state index contributed by atoms with van der Waals surface area (Å²) in [6.45, 7) is 0.787. The average Bonchev–Trinajstić information content (AvgIpc) is 2.97. The van der Waals surface area contributed by atoms with Gasteiger partial charge in [-0.05, 0) is 31.4 Å². The number of likely N-dealkylation sites (tertiary alicyclic amines) is 1. The molecule has 0 bridgehead atoms. The van der Waals surface area contributed by atoms with Gasteiger partial charge >= 0.3 is 0 Å². The molecule has 0 radical (unpaired) electrons. The normalized spacial score (nSPS) is 17.5. The van der Waals surface area contributed by atoms with Crippen LogP contribution in [0.15, 0.2) is 12.1 Å². The highest BCUT2D eigenvalue weighted by Crippen LogP contribution is 2.36. The van der Waals surface area contributed by atoms with Gasteiger partial charge in [0.2, 0.25) is 5.91 Å². The highest BCUT2D eigenvalue weighted by Gasteiger charge is 2.29. The lowest BCUT2D eigenvalue weighted by atomic mass is 9.98. The number of aromatic nitrogens is 1. The molecule has 2 amide bonds. The third-order valence-electron chi connectivity index (χ3n) is 4.65. The molecule has 0 saturated carbocycles. The van der Waals surface area contributed by atoms with E-state index in [2.05, 4.69) is 0 Å². The van der Waals surface area contributed by atoms with Gasteiger partial charge in [0, 0.05) is 33.1 Å². The fraction of sp³-hybridized carbons (Fsp3) is 0.500. The number of carbonyl (C=O) groups is 2. The Morgan fingerprint density at radius 1 is 1.38 bits per heavy atom. The molecule has 3 heterocycles. The van der Waals surface area contributed by atoms with Gasteiger partial charge in [-0.3, -0.25) is 9.59 Å². The van der Waals surface area contributed by atoms with Gasteiger partial charge in [-0.25, -0.2) is 4.98 Å². The maximum atomic E-state index is 12.4. The molecule has 26 heavy (non-hydrogen) atoms. The number of ether oxygens (including phenoxy) is 1. The molecular weight excluding hydrogens is 352 g/mol. The summed E-state index contributed by atoms with van der Waals surface area (Å²) in [7, 11) is 4.93. The largest absolute Gasteiger partial charge is 0.397 e. The Bertz CT molecular complexity index is 833. The molecule has 0 aliphatic carbocycles. The van der Waals surface area contributed by atoms with Gasteiger partial charge in [0.25, 0.3) is 5.91 Å². The summed E-state index contributed by atoms with van der Waals surface area (Å²) in [5, 5.41) is 0.787. The van der Waals surface area contributed by atoms with Gasteiger partial charge in [0.05, 0.1) is 17.4 Å². The molecule has 1 saturated heterocycles. The van der Waals surface area contributed by atoms with E-state index in [0.29, 0.717) is 17.1 Å². The first-order valence-corrected chi connectivity index (χ1v) is 9.44. The predicted octanol–water partition coefficient (Wildman–Crippen LogP) is 2.28. The van der Waals surface area contributed by atoms with E-state index >= 15 is 0 Å². The molecule has 0 spiro atoms. The van der Waals surface area contributed by atoms with Gasteiger partial charge in [-0.2, -0.15) is 0 Å². The Labute approximate surface area is 156 Å². The van der Waals surface area contributed by atoms with Crippen molar-refractivity contribution in [3.05, 3.63) is 22.7 Å². The zero-order chi connectivity index (χ0) is 18.8. The summed E-state index contributed by atoms with van der Waals surface area (Å²) >= 11 is 1.30. The van der Waals surface area contributed by atoms with Crippen molar-refractivity contribution in [2.75, 3.05) is 40.1 Å². The molecule has 1 fully saturated rings. The topological polar surface area (TPSA) is 88.8 Å². The Morgan fingerprint density at radius 3 is 2.85 bits per heavy atom. The molecule has 1 unspecified atom stereocenters. The van der Waals surface area contributed by atoms with E-state index in [9.17, 15) is 9.59 Å². The van der Waals surface area contributed by atoms with E-state index in [-0.39, 0.29) is 24.5 Å². The number of methoxy groups -OCH3 is 1. The molecule has 0 aromatic carbocycles. The Hall–Kier alpha value is -2.19. The molecule has 2 N–H and O–H groups in total. The summed E-state index contributed by atoms with van der Waals surface area (Å²) in [5.74, 6) is -0.144. The van der Waals surface area contributed by atoms with Crippen molar-refractivity contribution in [3.63, 3.8) is 0 Å². The minimum atomic E-state index is -0.124. The van der Waals surface area contributed by atoms with Gasteiger partial charge in [0.1, 0.15) is 16.3 Å². The van der Waals surface area contributed by atoms with Crippen LogP contribution in [-0.2, 0) is 9.53 Å². The van der Waals surface area contributed by atoms with E-state index < -0.39 is 0 Å². The van der Waals surface area contributed by atoms with Crippen LogP contribution in [0.25, 0.3) is 10.2 Å². The summed E-state index contributed by atoms with van der Waals surface area (Å²) in [6.07, 6.45) is 2.91. The van der Waals surface area contributed by atoms with Crippen molar-refractivity contribution in [1.29, 1.82) is 0 Å². The highest BCUT2D eigenvalue weighted by molar-refractivity contribution is 7.21. The Morgan fingerprint density at radius 2 is 2.15 bits per heavy atom. The van der Waals surface area contributed by atoms with Crippen molar-refractivity contribution in [3.8, 4) is 0 Å². The number of hydrogen-bond acceptors (Lipinski definition) is 6. The number of rotatable bonds is 4. The van der Waals surface area contributed by atoms with E-state index in [0.717, 1.165) is 35.2 Å². The van der Waals surface area contributed by atoms with Gasteiger partial charge in [0.15, 0.2) is 0 Å². The number of thiophene rings is 1. The average molecular weight is 376 g/mol. The highest BCUT2D eigenvalue weighted by atomic mass is 32.1. The zero-order valence-electron chi connectivity index (χ0n) is 15.3. The molecule has 1 atom stereocenters. The van der Waals surface area contributed by atoms with Gasteiger partial charge in [-0.1, -0.05) is 0 Å². The number of nitrogens with zero attached hydrogens (tertiary/aromatic N) is 3. The number of anilines is 1. The molecule has 2 aromatic heterocycles. The van der Waals surface area contributed by atoms with E-state index in [4.69, 9.17) is 15.5 Å². The van der Waals surface area contributed by atoms with Crippen LogP contribution in [0, 0.1) is 0 Å². The third kappa shape index (κ3) is 3.39. The minimum Gasteiger partial charge on any atom is -0.397 e. The predicted molar refractivity (Wildman–Crippen MR) is 102 cm³/mol. The van der Waals surface area contributed by atoms with E-state index in [1.807, 2.05) is 17.0 Å². The van der Waals surface area contributed by atoms with Crippen LogP contribution in [0.1, 0.15) is 40.7 Å². The fourth-order valence-corrected chi connectivity index (χ4v) is 4.43. The maximum Gasteiger partial charge on any atom is 0.265 e. The number of nitrogens with two attached hydrogens (primary N) is 1. The summed E-state index contributed by atoms with van der Waals surface area (Å²) in [4.78, 5) is 34.0. The van der Waals surface area contributed by atoms with Crippen molar-refractivity contribution < 1.29 is 14.3 Å². The molecule has 3 rings (SSSR count). The van der Waals surface area contributed by atoms with Crippen molar-refractivity contribution in [2.24, 2.45) is 0 Å². The van der Waals surface area contributed by atoms with Crippen LogP contribution in [0.5, 0.6) is 0 Å². The second-order valence-corrected chi connectivity index (χ2v) is 7.66. The fourth-order valence-electron chi connectivity index (χ4n) is 3.30. The van der Waals surface area contributed by atoms with Crippen molar-refractivity contribution >= 4 is 39.1 Å². The lowest BCUT2D eigenvalue weighted by molar-refractivity contribution is -0.139. The minimum absolute atomic E-state index is 0.0201. The number of carbonyl (C=O) groups excluding carboxylic acids is 2. The molecular formula is C18H24N4O3S. The van der Waals surface area contributed by atoms with Crippen LogP contribution in [0.3, 0.4) is 0 Å². The SMILES string of the molecule is COCC(=O)N1CCCCC1c1ccc2c(N)c(C(=O)N(C)C)sc2n1. The first-order valence-electron chi connectivity index (χ1n) is 8.63. The molecule has 1 aliphatic rings. The summed E-state index contributed by atoms with van der Waals surface area (Å²) in [6, 6.07) is 3.76. The standard InChI is InChI=1S/C18H24N4O3S/c1-21(2)18(24)16-15(19)11-7-8-12(20-17(11)26-16)13-6-4-5-9-22(13)14(23)10-25-3/h7-8,13H,4-6,9-10,19H2,1-3H3. The van der Waals surface area contributed by atoms with E-state index in [1.54, 1.807) is 14.1 Å². The lowest BCUT2D eigenvalue weighted by Crippen LogP contribution is -2.40. The van der Waals surface area contributed by atoms with Crippen molar-refractivity contribution in [2.45, 2.75) is 25.3 Å². The lowest BCUT2D eigenvalue weighted by Gasteiger charge is -2.35. The Kier molecular flexibility index (Phi) is 5.43.